The number of hydrogen-bond donors (Lipinski definition) is 1. The Bertz CT molecular complexity index is 121. The Kier molecular flexibility index (Phi) is 2.07. The molecule has 0 aromatic carbocycles. The summed E-state index contributed by atoms with van der Waals surface area (Å²) in [7, 11) is 0. The molecule has 0 spiro atoms. The lowest BCUT2D eigenvalue weighted by Gasteiger charge is -2.07. The summed E-state index contributed by atoms with van der Waals surface area (Å²) in [5, 5.41) is 11.3. The molecule has 2 nitrogen and oxygen atoms in total. The summed E-state index contributed by atoms with van der Waals surface area (Å²) in [6.45, 7) is 2.65. The largest absolute Gasteiger partial charge is 0.302 e. The minimum atomic E-state index is 0.498. The molecular weight excluding hydrogens is 112 g/mol. The summed E-state index contributed by atoms with van der Waals surface area (Å²) >= 11 is 0. The van der Waals surface area contributed by atoms with Crippen molar-refractivity contribution in [3.8, 4) is 6.07 Å². The molecule has 50 valence electrons. The van der Waals surface area contributed by atoms with Crippen LogP contribution in [0.1, 0.15) is 19.8 Å². The van der Waals surface area contributed by atoms with Crippen molar-refractivity contribution in [2.45, 2.75) is 25.8 Å². The summed E-state index contributed by atoms with van der Waals surface area (Å²) in [5.74, 6) is 0.860. The topological polar surface area (TPSA) is 35.8 Å². The standard InChI is InChI=1S/C7H12N2/c1-6(7-2-3-7)9-5-4-8/h6-7,9H,2-3,5H2,1H3. The third-order valence-corrected chi connectivity index (χ3v) is 1.83. The molecule has 1 rings (SSSR count). The maximum absolute atomic E-state index is 8.20. The highest BCUT2D eigenvalue weighted by molar-refractivity contribution is 4.86. The Morgan fingerprint density at radius 2 is 2.44 bits per heavy atom. The van der Waals surface area contributed by atoms with E-state index in [1.54, 1.807) is 0 Å². The summed E-state index contributed by atoms with van der Waals surface area (Å²) in [4.78, 5) is 0. The molecule has 1 aliphatic carbocycles. The van der Waals surface area contributed by atoms with Crippen molar-refractivity contribution < 1.29 is 0 Å². The highest BCUT2D eigenvalue weighted by Crippen LogP contribution is 2.31. The van der Waals surface area contributed by atoms with Crippen molar-refractivity contribution in [1.29, 1.82) is 5.26 Å². The fourth-order valence-electron chi connectivity index (χ4n) is 0.970. The molecule has 0 amide bonds. The fourth-order valence-corrected chi connectivity index (χ4v) is 0.970. The second kappa shape index (κ2) is 2.84. The zero-order valence-electron chi connectivity index (χ0n) is 5.72. The van der Waals surface area contributed by atoms with Crippen molar-refractivity contribution in [3.05, 3.63) is 0 Å². The monoisotopic (exact) mass is 124 g/mol. The maximum Gasteiger partial charge on any atom is 0.0843 e. The molecule has 0 aromatic rings. The highest BCUT2D eigenvalue weighted by Gasteiger charge is 2.26. The van der Waals surface area contributed by atoms with Gasteiger partial charge in [0, 0.05) is 6.04 Å². The molecule has 2 heteroatoms. The van der Waals surface area contributed by atoms with Gasteiger partial charge in [0.15, 0.2) is 0 Å². The van der Waals surface area contributed by atoms with Gasteiger partial charge in [0.1, 0.15) is 0 Å². The van der Waals surface area contributed by atoms with E-state index in [0.717, 1.165) is 5.92 Å². The first kappa shape index (κ1) is 6.57. The van der Waals surface area contributed by atoms with E-state index in [-0.39, 0.29) is 0 Å². The van der Waals surface area contributed by atoms with Gasteiger partial charge in [-0.05, 0) is 25.7 Å². The zero-order valence-corrected chi connectivity index (χ0v) is 5.72. The first-order chi connectivity index (χ1) is 4.34. The lowest BCUT2D eigenvalue weighted by atomic mass is 10.2. The molecule has 0 aromatic heterocycles. The first-order valence-electron chi connectivity index (χ1n) is 3.45. The van der Waals surface area contributed by atoms with Gasteiger partial charge in [0.05, 0.1) is 12.6 Å². The molecule has 1 unspecified atom stereocenters. The molecule has 0 heterocycles. The molecule has 9 heavy (non-hydrogen) atoms. The average molecular weight is 124 g/mol. The van der Waals surface area contributed by atoms with Crippen LogP contribution in [0.25, 0.3) is 0 Å². The summed E-state index contributed by atoms with van der Waals surface area (Å²) in [6.07, 6.45) is 2.69. The lowest BCUT2D eigenvalue weighted by molar-refractivity contribution is 0.526. The Hall–Kier alpha value is -0.550. The predicted octanol–water partition coefficient (Wildman–Crippen LogP) is 0.898. The minimum Gasteiger partial charge on any atom is -0.302 e. The minimum absolute atomic E-state index is 0.498. The second-order valence-electron chi connectivity index (χ2n) is 2.67. The fraction of sp³-hybridized carbons (Fsp3) is 0.857. The van der Waals surface area contributed by atoms with Crippen LogP contribution in [0, 0.1) is 17.2 Å². The number of nitrogens with one attached hydrogen (secondary N) is 1. The molecule has 1 N–H and O–H groups in total. The summed E-state index contributed by atoms with van der Waals surface area (Å²) in [6, 6.07) is 2.63. The number of nitrogens with zero attached hydrogens (tertiary/aromatic N) is 1. The molecule has 1 fully saturated rings. The van der Waals surface area contributed by atoms with Gasteiger partial charge in [0.2, 0.25) is 0 Å². The van der Waals surface area contributed by atoms with Gasteiger partial charge in [-0.25, -0.2) is 0 Å². The average Bonchev–Trinajstić information content (AvgIpc) is 2.63. The summed E-state index contributed by atoms with van der Waals surface area (Å²) in [5.41, 5.74) is 0. The third-order valence-electron chi connectivity index (χ3n) is 1.83. The summed E-state index contributed by atoms with van der Waals surface area (Å²) < 4.78 is 0. The van der Waals surface area contributed by atoms with Crippen LogP contribution in [0.15, 0.2) is 0 Å². The SMILES string of the molecule is CC(NCC#N)C1CC1. The van der Waals surface area contributed by atoms with Crippen LogP contribution < -0.4 is 5.32 Å². The molecule has 0 saturated heterocycles. The van der Waals surface area contributed by atoms with E-state index in [1.165, 1.54) is 12.8 Å². The molecule has 0 aliphatic heterocycles. The lowest BCUT2D eigenvalue weighted by Crippen LogP contribution is -2.27. The van der Waals surface area contributed by atoms with Crippen molar-refractivity contribution in [2.75, 3.05) is 6.54 Å². The normalized spacial score (nSPS) is 20.9. The van der Waals surface area contributed by atoms with Crippen molar-refractivity contribution >= 4 is 0 Å². The van der Waals surface area contributed by atoms with E-state index in [0.29, 0.717) is 12.6 Å². The van der Waals surface area contributed by atoms with Gasteiger partial charge in [-0.2, -0.15) is 5.26 Å². The Labute approximate surface area is 55.9 Å². The van der Waals surface area contributed by atoms with Gasteiger partial charge in [-0.1, -0.05) is 0 Å². The van der Waals surface area contributed by atoms with Crippen molar-refractivity contribution in [2.24, 2.45) is 5.92 Å². The van der Waals surface area contributed by atoms with E-state index in [4.69, 9.17) is 5.26 Å². The molecule has 1 aliphatic rings. The molecular formula is C7H12N2. The maximum atomic E-state index is 8.20. The Morgan fingerprint density at radius 3 is 2.89 bits per heavy atom. The highest BCUT2D eigenvalue weighted by atomic mass is 14.9. The van der Waals surface area contributed by atoms with Crippen LogP contribution in [0.3, 0.4) is 0 Å². The van der Waals surface area contributed by atoms with Crippen molar-refractivity contribution in [1.82, 2.24) is 5.32 Å². The predicted molar refractivity (Wildman–Crippen MR) is 35.8 cm³/mol. The van der Waals surface area contributed by atoms with Crippen LogP contribution in [-0.2, 0) is 0 Å². The smallest absolute Gasteiger partial charge is 0.0843 e. The van der Waals surface area contributed by atoms with E-state index in [2.05, 4.69) is 18.3 Å². The van der Waals surface area contributed by atoms with Gasteiger partial charge >= 0.3 is 0 Å². The van der Waals surface area contributed by atoms with Gasteiger partial charge in [-0.3, -0.25) is 0 Å². The van der Waals surface area contributed by atoms with Crippen LogP contribution in [-0.4, -0.2) is 12.6 Å². The van der Waals surface area contributed by atoms with E-state index < -0.39 is 0 Å². The third kappa shape index (κ3) is 2.03. The van der Waals surface area contributed by atoms with Crippen LogP contribution in [0.4, 0.5) is 0 Å². The zero-order chi connectivity index (χ0) is 6.69. The van der Waals surface area contributed by atoms with Crippen molar-refractivity contribution in [3.63, 3.8) is 0 Å². The molecule has 0 bridgehead atoms. The van der Waals surface area contributed by atoms with E-state index >= 15 is 0 Å². The first-order valence-corrected chi connectivity index (χ1v) is 3.45. The van der Waals surface area contributed by atoms with Crippen LogP contribution in [0.2, 0.25) is 0 Å². The van der Waals surface area contributed by atoms with E-state index in [9.17, 15) is 0 Å². The molecule has 1 saturated carbocycles. The van der Waals surface area contributed by atoms with Crippen LogP contribution in [0.5, 0.6) is 0 Å². The number of rotatable bonds is 3. The van der Waals surface area contributed by atoms with E-state index in [1.807, 2.05) is 0 Å². The molecule has 1 atom stereocenters. The number of hydrogen-bond acceptors (Lipinski definition) is 2. The van der Waals surface area contributed by atoms with Crippen LogP contribution >= 0.6 is 0 Å². The number of nitriles is 1. The Balaban J connectivity index is 2.04. The quantitative estimate of drug-likeness (QED) is 0.567. The van der Waals surface area contributed by atoms with Gasteiger partial charge in [0.25, 0.3) is 0 Å². The molecule has 0 radical (unpaired) electrons. The Morgan fingerprint density at radius 1 is 1.78 bits per heavy atom. The van der Waals surface area contributed by atoms with Gasteiger partial charge in [-0.15, -0.1) is 0 Å². The second-order valence-corrected chi connectivity index (χ2v) is 2.67. The van der Waals surface area contributed by atoms with Gasteiger partial charge < -0.3 is 5.32 Å².